The molecule has 0 radical (unpaired) electrons. The van der Waals surface area contributed by atoms with Gasteiger partial charge in [0.05, 0.1) is 7.11 Å². The molecule has 1 aliphatic carbocycles. The number of anilines is 2. The Kier molecular flexibility index (Phi) is 9.23. The summed E-state index contributed by atoms with van der Waals surface area (Å²) in [5.74, 6) is -1.40. The van der Waals surface area contributed by atoms with E-state index in [-0.39, 0.29) is 17.6 Å². The van der Waals surface area contributed by atoms with E-state index in [0.29, 0.717) is 11.3 Å². The van der Waals surface area contributed by atoms with Crippen molar-refractivity contribution in [3.05, 3.63) is 89.8 Å². The summed E-state index contributed by atoms with van der Waals surface area (Å²) >= 11 is 0. The van der Waals surface area contributed by atoms with Crippen molar-refractivity contribution in [1.29, 1.82) is 0 Å². The number of hydrogen-bond acceptors (Lipinski definition) is 4. The average molecular weight is 526 g/mol. The van der Waals surface area contributed by atoms with Crippen LogP contribution in [0.1, 0.15) is 49.2 Å². The molecule has 0 aliphatic heterocycles. The molecule has 1 atom stereocenters. The highest BCUT2D eigenvalue weighted by Gasteiger charge is 2.31. The van der Waals surface area contributed by atoms with E-state index in [4.69, 9.17) is 4.74 Å². The maximum absolute atomic E-state index is 15.7. The Morgan fingerprint density at radius 2 is 1.64 bits per heavy atom. The Labute approximate surface area is 231 Å². The van der Waals surface area contributed by atoms with Crippen LogP contribution in [0, 0.1) is 11.7 Å². The smallest absolute Gasteiger partial charge is 0.330 e. The van der Waals surface area contributed by atoms with Gasteiger partial charge in [-0.15, -0.1) is 0 Å². The van der Waals surface area contributed by atoms with Crippen LogP contribution in [0.3, 0.4) is 0 Å². The van der Waals surface area contributed by atoms with Gasteiger partial charge in [0, 0.05) is 49.0 Å². The molecule has 0 N–H and O–H groups in total. The zero-order valence-corrected chi connectivity index (χ0v) is 23.2. The standard InChI is InChI=1S/C32H36BFN2O3/c1-35(2)26-16-13-23(14-17-26)25-15-18-28(29(34)21-25)31(33)36(32(38)24-9-5-4-6-10-24)27-11-7-8-22(20-27)12-19-30(37)39-3/h7-8,11-21,24,31H,4-6,9-10,33H2,1-3H3/b19-12+. The van der Waals surface area contributed by atoms with Crippen molar-refractivity contribution in [2.45, 2.75) is 38.0 Å². The zero-order valence-electron chi connectivity index (χ0n) is 23.2. The van der Waals surface area contributed by atoms with E-state index in [2.05, 4.69) is 0 Å². The van der Waals surface area contributed by atoms with Gasteiger partial charge in [-0.2, -0.15) is 0 Å². The van der Waals surface area contributed by atoms with Crippen molar-refractivity contribution in [2.24, 2.45) is 5.92 Å². The van der Waals surface area contributed by atoms with Crippen LogP contribution >= 0.6 is 0 Å². The van der Waals surface area contributed by atoms with Gasteiger partial charge in [-0.25, -0.2) is 9.18 Å². The minimum Gasteiger partial charge on any atom is -0.466 e. The summed E-state index contributed by atoms with van der Waals surface area (Å²) in [6, 6.07) is 20.7. The Hall–Kier alpha value is -3.87. The Morgan fingerprint density at radius 3 is 2.28 bits per heavy atom. The molecule has 0 saturated heterocycles. The minimum atomic E-state index is -0.524. The molecule has 3 aromatic rings. The Bertz CT molecular complexity index is 1330. The number of carbonyl (C=O) groups is 2. The van der Waals surface area contributed by atoms with Crippen LogP contribution in [0.5, 0.6) is 0 Å². The summed E-state index contributed by atoms with van der Waals surface area (Å²) in [6.07, 6.45) is 7.87. The maximum Gasteiger partial charge on any atom is 0.330 e. The number of carbonyl (C=O) groups excluding carboxylic acids is 2. The monoisotopic (exact) mass is 526 g/mol. The van der Waals surface area contributed by atoms with Crippen LogP contribution in [0.25, 0.3) is 17.2 Å². The molecular formula is C32H36BFN2O3. The highest BCUT2D eigenvalue weighted by Crippen LogP contribution is 2.34. The highest BCUT2D eigenvalue weighted by atomic mass is 19.1. The summed E-state index contributed by atoms with van der Waals surface area (Å²) < 4.78 is 20.4. The maximum atomic E-state index is 15.7. The van der Waals surface area contributed by atoms with E-state index >= 15 is 4.39 Å². The van der Waals surface area contributed by atoms with E-state index < -0.39 is 11.9 Å². The minimum absolute atomic E-state index is 0.0130. The predicted molar refractivity (Wildman–Crippen MR) is 159 cm³/mol. The Morgan fingerprint density at radius 1 is 0.949 bits per heavy atom. The first-order valence-electron chi connectivity index (χ1n) is 13.5. The third kappa shape index (κ3) is 6.77. The molecule has 7 heteroatoms. The summed E-state index contributed by atoms with van der Waals surface area (Å²) in [7, 11) is 7.17. The third-order valence-electron chi connectivity index (χ3n) is 7.51. The molecule has 1 aliphatic rings. The third-order valence-corrected chi connectivity index (χ3v) is 7.51. The molecule has 1 saturated carbocycles. The van der Waals surface area contributed by atoms with Crippen LogP contribution in [0.4, 0.5) is 15.8 Å². The number of amides is 1. The van der Waals surface area contributed by atoms with E-state index in [1.807, 2.05) is 81.4 Å². The molecule has 0 aromatic heterocycles. The van der Waals surface area contributed by atoms with Crippen molar-refractivity contribution in [3.63, 3.8) is 0 Å². The van der Waals surface area contributed by atoms with Gasteiger partial charge < -0.3 is 14.5 Å². The lowest BCUT2D eigenvalue weighted by Crippen LogP contribution is -2.40. The number of esters is 1. The van der Waals surface area contributed by atoms with Crippen LogP contribution in [0.2, 0.25) is 0 Å². The second-order valence-corrected chi connectivity index (χ2v) is 10.3. The van der Waals surface area contributed by atoms with Crippen LogP contribution in [-0.2, 0) is 14.3 Å². The van der Waals surface area contributed by atoms with Crippen LogP contribution in [0.15, 0.2) is 72.8 Å². The van der Waals surface area contributed by atoms with Gasteiger partial charge in [0.15, 0.2) is 0 Å². The van der Waals surface area contributed by atoms with Gasteiger partial charge in [0.25, 0.3) is 0 Å². The van der Waals surface area contributed by atoms with Crippen molar-refractivity contribution in [3.8, 4) is 11.1 Å². The topological polar surface area (TPSA) is 49.9 Å². The number of nitrogens with zero attached hydrogens (tertiary/aromatic N) is 2. The zero-order chi connectivity index (χ0) is 27.9. The molecule has 39 heavy (non-hydrogen) atoms. The first-order valence-corrected chi connectivity index (χ1v) is 13.5. The molecule has 5 nitrogen and oxygen atoms in total. The van der Waals surface area contributed by atoms with E-state index in [0.717, 1.165) is 54.5 Å². The normalized spacial score (nSPS) is 14.7. The first kappa shape index (κ1) is 28.2. The van der Waals surface area contributed by atoms with E-state index in [1.54, 1.807) is 23.1 Å². The molecule has 1 amide bonds. The summed E-state index contributed by atoms with van der Waals surface area (Å²) in [5, 5.41) is 0. The number of benzene rings is 3. The lowest BCUT2D eigenvalue weighted by atomic mass is 9.82. The summed E-state index contributed by atoms with van der Waals surface area (Å²) in [6.45, 7) is 0. The number of hydrogen-bond donors (Lipinski definition) is 0. The van der Waals surface area contributed by atoms with Gasteiger partial charge >= 0.3 is 5.97 Å². The van der Waals surface area contributed by atoms with Crippen molar-refractivity contribution >= 4 is 37.2 Å². The summed E-state index contributed by atoms with van der Waals surface area (Å²) in [4.78, 5) is 29.3. The highest BCUT2D eigenvalue weighted by molar-refractivity contribution is 6.18. The lowest BCUT2D eigenvalue weighted by molar-refractivity contribution is -0.134. The van der Waals surface area contributed by atoms with Crippen molar-refractivity contribution in [2.75, 3.05) is 31.0 Å². The van der Waals surface area contributed by atoms with E-state index in [1.165, 1.54) is 13.2 Å². The largest absolute Gasteiger partial charge is 0.466 e. The average Bonchev–Trinajstić information content (AvgIpc) is 2.96. The fraction of sp³-hybridized carbons (Fsp3) is 0.312. The molecule has 1 unspecified atom stereocenters. The quantitative estimate of drug-likeness (QED) is 0.206. The van der Waals surface area contributed by atoms with Gasteiger partial charge in [-0.3, -0.25) is 4.79 Å². The second-order valence-electron chi connectivity index (χ2n) is 10.3. The van der Waals surface area contributed by atoms with Gasteiger partial charge in [0.2, 0.25) is 5.91 Å². The number of rotatable bonds is 8. The van der Waals surface area contributed by atoms with Gasteiger partial charge in [-0.05, 0) is 65.9 Å². The first-order chi connectivity index (χ1) is 18.8. The number of halogens is 1. The molecule has 1 fully saturated rings. The molecule has 3 aromatic carbocycles. The van der Waals surface area contributed by atoms with Gasteiger partial charge in [-0.1, -0.05) is 55.7 Å². The molecule has 202 valence electrons. The van der Waals surface area contributed by atoms with Crippen molar-refractivity contribution < 1.29 is 18.7 Å². The fourth-order valence-corrected chi connectivity index (χ4v) is 5.24. The number of ether oxygens (including phenoxy) is 1. The Balaban J connectivity index is 1.68. The van der Waals surface area contributed by atoms with Crippen LogP contribution < -0.4 is 9.80 Å². The molecule has 4 rings (SSSR count). The van der Waals surface area contributed by atoms with E-state index in [9.17, 15) is 9.59 Å². The lowest BCUT2D eigenvalue weighted by Gasteiger charge is -2.35. The SMILES string of the molecule is BC(c1ccc(-c2ccc(N(C)C)cc2)cc1F)N(C(=O)C1CCCCC1)c1cccc(/C=C/C(=O)OC)c1. The van der Waals surface area contributed by atoms with Gasteiger partial charge in [0.1, 0.15) is 13.7 Å². The second kappa shape index (κ2) is 12.8. The summed E-state index contributed by atoms with van der Waals surface area (Å²) in [5.41, 5.74) is 4.68. The predicted octanol–water partition coefficient (Wildman–Crippen LogP) is 5.99. The number of methoxy groups -OCH3 is 1. The molecule has 0 heterocycles. The molecule has 0 bridgehead atoms. The van der Waals surface area contributed by atoms with Crippen LogP contribution in [-0.4, -0.2) is 40.9 Å². The molecule has 0 spiro atoms. The molecular weight excluding hydrogens is 490 g/mol. The fourth-order valence-electron chi connectivity index (χ4n) is 5.24. The van der Waals surface area contributed by atoms with Crippen molar-refractivity contribution in [1.82, 2.24) is 0 Å².